The Morgan fingerprint density at radius 2 is 1.12 bits per heavy atom. The summed E-state index contributed by atoms with van der Waals surface area (Å²) in [6.45, 7) is 33.9. The molecule has 5 nitrogen and oxygen atoms in total. The molecule has 2 heterocycles. The van der Waals surface area contributed by atoms with E-state index in [-0.39, 0.29) is 10.8 Å². The van der Waals surface area contributed by atoms with Crippen LogP contribution in [0, 0.1) is 17.8 Å². The quantitative estimate of drug-likeness (QED) is 0.0957. The Hall–Kier alpha value is -4.91. The van der Waals surface area contributed by atoms with Crippen molar-refractivity contribution in [3.8, 4) is 22.3 Å². The van der Waals surface area contributed by atoms with E-state index in [0.29, 0.717) is 17.8 Å². The Morgan fingerprint density at radius 3 is 1.68 bits per heavy atom. The zero-order chi connectivity index (χ0) is 53.3. The number of hydrogen-bond donors (Lipinski definition) is 0. The summed E-state index contributed by atoms with van der Waals surface area (Å²) in [6, 6.07) is 49.5. The molecule has 2 saturated heterocycles. The lowest BCUT2D eigenvalue weighted by molar-refractivity contribution is 0.00578. The third-order valence-corrected chi connectivity index (χ3v) is 19.9. The standard InChI is InChI=1S/C68H83B2NO4/c1-16-66(15,37-23-24-44(3)4)46-33-35-53-54-36-34-47(67(17-2)43-48(67)38-45(5)6)40-59(54)68(58(53)39-46)56-30-19-18-29-55(56)61-57(68)31-22-32-60(61)71(51-27-20-25-49(41-51)69-72-62(7,8)63(9,10)73-69)52-28-21-26-50(42-52)70-74-64(11,12)65(13,14)75-70/h18-22,25-36,39-42,44-45,48H,16-17,23-24,37-38,43H2,1-15H3. The summed E-state index contributed by atoms with van der Waals surface area (Å²) in [5.74, 6) is 2.06. The Bertz CT molecular complexity index is 3060. The minimum atomic E-state index is -0.552. The minimum absolute atomic E-state index is 0.0410. The average molecular weight is 1000 g/mol. The number of benzene rings is 6. The Morgan fingerprint density at radius 1 is 0.573 bits per heavy atom. The predicted octanol–water partition coefficient (Wildman–Crippen LogP) is 16.3. The molecule has 0 bridgehead atoms. The number of anilines is 3. The third-order valence-electron chi connectivity index (χ3n) is 19.9. The fourth-order valence-electron chi connectivity index (χ4n) is 13.8. The predicted molar refractivity (Wildman–Crippen MR) is 315 cm³/mol. The third kappa shape index (κ3) is 8.26. The van der Waals surface area contributed by atoms with Crippen LogP contribution in [0.1, 0.15) is 182 Å². The van der Waals surface area contributed by atoms with Crippen LogP contribution in [0.25, 0.3) is 22.3 Å². The maximum atomic E-state index is 6.74. The van der Waals surface area contributed by atoms with Crippen molar-refractivity contribution in [2.75, 3.05) is 4.90 Å². The highest BCUT2D eigenvalue weighted by molar-refractivity contribution is 6.62. The maximum Gasteiger partial charge on any atom is 0.494 e. The van der Waals surface area contributed by atoms with Crippen LogP contribution in [0.15, 0.2) is 127 Å². The molecule has 1 spiro atoms. The summed E-state index contributed by atoms with van der Waals surface area (Å²) in [5.41, 5.74) is 16.6. The number of nitrogens with zero attached hydrogens (tertiary/aromatic N) is 1. The molecule has 0 radical (unpaired) electrons. The van der Waals surface area contributed by atoms with Gasteiger partial charge in [-0.2, -0.15) is 0 Å². The fraction of sp³-hybridized carbons (Fsp3) is 0.471. The molecule has 3 fully saturated rings. The molecule has 5 aliphatic rings. The Labute approximate surface area is 451 Å². The van der Waals surface area contributed by atoms with Gasteiger partial charge in [0.1, 0.15) is 0 Å². The van der Waals surface area contributed by atoms with Crippen molar-refractivity contribution in [3.63, 3.8) is 0 Å². The molecule has 0 aromatic heterocycles. The van der Waals surface area contributed by atoms with Crippen LogP contribution in [0.5, 0.6) is 0 Å². The van der Waals surface area contributed by atoms with Crippen molar-refractivity contribution in [2.24, 2.45) is 17.8 Å². The smallest absolute Gasteiger partial charge is 0.399 e. The summed E-state index contributed by atoms with van der Waals surface area (Å²) in [6.07, 6.45) is 8.41. The van der Waals surface area contributed by atoms with E-state index in [2.05, 4.69) is 236 Å². The molecule has 4 unspecified atom stereocenters. The van der Waals surface area contributed by atoms with Crippen LogP contribution >= 0.6 is 0 Å². The van der Waals surface area contributed by atoms with E-state index in [1.807, 2.05) is 0 Å². The first kappa shape index (κ1) is 52.2. The van der Waals surface area contributed by atoms with Crippen molar-refractivity contribution in [1.29, 1.82) is 0 Å². The van der Waals surface area contributed by atoms with Gasteiger partial charge >= 0.3 is 14.2 Å². The summed E-state index contributed by atoms with van der Waals surface area (Å²) in [5, 5.41) is 0. The van der Waals surface area contributed by atoms with E-state index >= 15 is 0 Å². The SMILES string of the molecule is CCC(C)(CCCC(C)C)c1ccc2c(c1)C1(c3cc(C4(CC)CC4CC(C)C)ccc3-2)c2ccccc2-c2c(N(c3cccc(B4OC(C)(C)C(C)(C)O4)c3)c3cccc(B4OC(C)(C)C(C)(C)O4)c3)cccc21. The van der Waals surface area contributed by atoms with Gasteiger partial charge in [0.2, 0.25) is 0 Å². The summed E-state index contributed by atoms with van der Waals surface area (Å²) in [4.78, 5) is 2.47. The number of fused-ring (bicyclic) bond motifs is 10. The highest BCUT2D eigenvalue weighted by Gasteiger charge is 2.58. The van der Waals surface area contributed by atoms with Crippen LogP contribution in [0.3, 0.4) is 0 Å². The van der Waals surface area contributed by atoms with Crippen molar-refractivity contribution in [3.05, 3.63) is 161 Å². The van der Waals surface area contributed by atoms with Crippen LogP contribution in [-0.2, 0) is 34.9 Å². The molecule has 75 heavy (non-hydrogen) atoms. The van der Waals surface area contributed by atoms with Gasteiger partial charge in [-0.05, 0) is 207 Å². The van der Waals surface area contributed by atoms with Gasteiger partial charge in [0.15, 0.2) is 0 Å². The molecule has 6 aromatic carbocycles. The first-order valence-electron chi connectivity index (χ1n) is 28.8. The van der Waals surface area contributed by atoms with Gasteiger partial charge in [0.05, 0.1) is 33.5 Å². The van der Waals surface area contributed by atoms with Crippen molar-refractivity contribution in [2.45, 2.75) is 187 Å². The Balaban J connectivity index is 1.16. The maximum absolute atomic E-state index is 6.74. The van der Waals surface area contributed by atoms with E-state index in [1.165, 1.54) is 87.7 Å². The summed E-state index contributed by atoms with van der Waals surface area (Å²) >= 11 is 0. The van der Waals surface area contributed by atoms with Gasteiger partial charge in [0.25, 0.3) is 0 Å². The first-order chi connectivity index (χ1) is 35.5. The lowest BCUT2D eigenvalue weighted by Gasteiger charge is -2.34. The highest BCUT2D eigenvalue weighted by Crippen LogP contribution is 2.67. The summed E-state index contributed by atoms with van der Waals surface area (Å²) in [7, 11) is -1.05. The van der Waals surface area contributed by atoms with Crippen molar-refractivity contribution >= 4 is 42.2 Å². The zero-order valence-corrected chi connectivity index (χ0v) is 48.0. The molecular weight excluding hydrogens is 916 g/mol. The summed E-state index contributed by atoms with van der Waals surface area (Å²) < 4.78 is 27.0. The van der Waals surface area contributed by atoms with Gasteiger partial charge in [-0.15, -0.1) is 0 Å². The van der Waals surface area contributed by atoms with E-state index in [0.717, 1.165) is 40.8 Å². The molecular formula is C68H83B2NO4. The molecule has 6 aromatic rings. The normalized spacial score (nSPS) is 23.9. The molecule has 0 amide bonds. The van der Waals surface area contributed by atoms with E-state index in [4.69, 9.17) is 18.6 Å². The van der Waals surface area contributed by atoms with Crippen LogP contribution in [0.4, 0.5) is 17.1 Å². The minimum Gasteiger partial charge on any atom is -0.399 e. The van der Waals surface area contributed by atoms with Gasteiger partial charge < -0.3 is 23.5 Å². The second kappa shape index (κ2) is 18.4. The lowest BCUT2D eigenvalue weighted by atomic mass is 9.68. The second-order valence-corrected chi connectivity index (χ2v) is 26.5. The van der Waals surface area contributed by atoms with Crippen LogP contribution in [-0.4, -0.2) is 36.6 Å². The van der Waals surface area contributed by atoms with E-state index in [1.54, 1.807) is 0 Å². The van der Waals surface area contributed by atoms with Gasteiger partial charge in [0, 0.05) is 16.9 Å². The van der Waals surface area contributed by atoms with Gasteiger partial charge in [-0.25, -0.2) is 0 Å². The monoisotopic (exact) mass is 1000 g/mol. The number of rotatable bonds is 15. The molecule has 1 saturated carbocycles. The van der Waals surface area contributed by atoms with Gasteiger partial charge in [-0.1, -0.05) is 158 Å². The van der Waals surface area contributed by atoms with E-state index < -0.39 is 42.1 Å². The zero-order valence-electron chi connectivity index (χ0n) is 48.0. The topological polar surface area (TPSA) is 40.2 Å². The largest absolute Gasteiger partial charge is 0.494 e. The first-order valence-corrected chi connectivity index (χ1v) is 28.8. The molecule has 2 aliphatic heterocycles. The second-order valence-electron chi connectivity index (χ2n) is 26.5. The van der Waals surface area contributed by atoms with Gasteiger partial charge in [-0.3, -0.25) is 0 Å². The Kier molecular flexibility index (Phi) is 12.8. The van der Waals surface area contributed by atoms with Crippen molar-refractivity contribution < 1.29 is 18.6 Å². The molecule has 3 aliphatic carbocycles. The van der Waals surface area contributed by atoms with Crippen LogP contribution < -0.4 is 15.8 Å². The molecule has 4 atom stereocenters. The number of hydrogen-bond acceptors (Lipinski definition) is 5. The van der Waals surface area contributed by atoms with E-state index in [9.17, 15) is 0 Å². The molecule has 390 valence electrons. The highest BCUT2D eigenvalue weighted by atomic mass is 16.7. The average Bonchev–Trinajstić information content (AvgIpc) is 3.77. The molecule has 11 rings (SSSR count). The molecule has 7 heteroatoms. The van der Waals surface area contributed by atoms with Crippen LogP contribution in [0.2, 0.25) is 0 Å². The lowest BCUT2D eigenvalue weighted by Crippen LogP contribution is -2.41. The molecule has 0 N–H and O–H groups in total. The van der Waals surface area contributed by atoms with Crippen molar-refractivity contribution in [1.82, 2.24) is 0 Å². The fourth-order valence-corrected chi connectivity index (χ4v) is 13.8.